The van der Waals surface area contributed by atoms with Gasteiger partial charge in [0.1, 0.15) is 23.0 Å². The zero-order valence-electron chi connectivity index (χ0n) is 16.7. The highest BCUT2D eigenvalue weighted by atomic mass is 16.7. The van der Waals surface area contributed by atoms with Gasteiger partial charge in [0.05, 0.1) is 18.2 Å². The SMILES string of the molecule is COC(=O)Oc1ccc(C(=O)Oc2ccc(C(=O)Oc3ccc(O)cc3)c(C)c2)cc1. The van der Waals surface area contributed by atoms with E-state index in [1.165, 1.54) is 67.8 Å². The molecular weight excluding hydrogens is 404 g/mol. The number of methoxy groups -OCH3 is 1. The van der Waals surface area contributed by atoms with Crippen LogP contribution >= 0.6 is 0 Å². The van der Waals surface area contributed by atoms with Crippen LogP contribution in [0.4, 0.5) is 4.79 Å². The van der Waals surface area contributed by atoms with Gasteiger partial charge in [0.2, 0.25) is 0 Å². The average molecular weight is 422 g/mol. The van der Waals surface area contributed by atoms with Gasteiger partial charge in [0.25, 0.3) is 0 Å². The van der Waals surface area contributed by atoms with E-state index in [-0.39, 0.29) is 28.6 Å². The largest absolute Gasteiger partial charge is 0.513 e. The van der Waals surface area contributed by atoms with E-state index >= 15 is 0 Å². The number of hydrogen-bond donors (Lipinski definition) is 1. The molecule has 0 aliphatic rings. The number of rotatable bonds is 5. The Kier molecular flexibility index (Phi) is 6.51. The fourth-order valence-electron chi connectivity index (χ4n) is 2.57. The fourth-order valence-corrected chi connectivity index (χ4v) is 2.57. The van der Waals surface area contributed by atoms with Crippen molar-refractivity contribution in [2.24, 2.45) is 0 Å². The second-order valence-corrected chi connectivity index (χ2v) is 6.33. The van der Waals surface area contributed by atoms with E-state index in [2.05, 4.69) is 4.74 Å². The van der Waals surface area contributed by atoms with Crippen LogP contribution < -0.4 is 14.2 Å². The molecular formula is C23H18O8. The van der Waals surface area contributed by atoms with E-state index in [0.29, 0.717) is 11.1 Å². The molecule has 0 spiro atoms. The fraction of sp³-hybridized carbons (Fsp3) is 0.0870. The van der Waals surface area contributed by atoms with Gasteiger partial charge in [-0.1, -0.05) is 0 Å². The van der Waals surface area contributed by atoms with Crippen LogP contribution in [0.2, 0.25) is 0 Å². The van der Waals surface area contributed by atoms with Crippen LogP contribution in [-0.4, -0.2) is 30.3 Å². The van der Waals surface area contributed by atoms with Crippen LogP contribution in [0.25, 0.3) is 0 Å². The van der Waals surface area contributed by atoms with Crippen molar-refractivity contribution in [2.75, 3.05) is 7.11 Å². The first-order valence-electron chi connectivity index (χ1n) is 9.05. The molecule has 0 bridgehead atoms. The topological polar surface area (TPSA) is 108 Å². The maximum absolute atomic E-state index is 12.4. The van der Waals surface area contributed by atoms with Crippen molar-refractivity contribution in [1.82, 2.24) is 0 Å². The minimum Gasteiger partial charge on any atom is -0.508 e. The highest BCUT2D eigenvalue weighted by Gasteiger charge is 2.15. The van der Waals surface area contributed by atoms with Crippen LogP contribution in [0.5, 0.6) is 23.0 Å². The van der Waals surface area contributed by atoms with Crippen molar-refractivity contribution in [1.29, 1.82) is 0 Å². The highest BCUT2D eigenvalue weighted by molar-refractivity contribution is 5.94. The maximum Gasteiger partial charge on any atom is 0.513 e. The summed E-state index contributed by atoms with van der Waals surface area (Å²) in [6.07, 6.45) is -0.866. The van der Waals surface area contributed by atoms with Crippen LogP contribution in [0.1, 0.15) is 26.3 Å². The van der Waals surface area contributed by atoms with Crippen LogP contribution in [0.15, 0.2) is 66.7 Å². The van der Waals surface area contributed by atoms with Crippen molar-refractivity contribution in [3.8, 4) is 23.0 Å². The maximum atomic E-state index is 12.4. The molecule has 0 aromatic heterocycles. The Morgan fingerprint density at radius 3 is 1.87 bits per heavy atom. The summed E-state index contributed by atoms with van der Waals surface area (Å²) in [5.41, 5.74) is 1.10. The summed E-state index contributed by atoms with van der Waals surface area (Å²) < 4.78 is 19.8. The van der Waals surface area contributed by atoms with E-state index in [9.17, 15) is 19.5 Å². The van der Waals surface area contributed by atoms with E-state index < -0.39 is 18.1 Å². The van der Waals surface area contributed by atoms with E-state index in [1.54, 1.807) is 13.0 Å². The van der Waals surface area contributed by atoms with Crippen molar-refractivity contribution in [2.45, 2.75) is 6.92 Å². The molecule has 3 aromatic rings. The van der Waals surface area contributed by atoms with Gasteiger partial charge in [-0.05, 0) is 79.2 Å². The molecule has 3 aromatic carbocycles. The monoisotopic (exact) mass is 422 g/mol. The second-order valence-electron chi connectivity index (χ2n) is 6.33. The zero-order chi connectivity index (χ0) is 22.4. The Morgan fingerprint density at radius 1 is 0.710 bits per heavy atom. The third-order valence-electron chi connectivity index (χ3n) is 4.13. The van der Waals surface area contributed by atoms with E-state index in [4.69, 9.17) is 14.2 Å². The van der Waals surface area contributed by atoms with Gasteiger partial charge in [-0.25, -0.2) is 14.4 Å². The molecule has 0 fully saturated rings. The van der Waals surface area contributed by atoms with Gasteiger partial charge in [-0.15, -0.1) is 0 Å². The minimum absolute atomic E-state index is 0.0628. The summed E-state index contributed by atoms with van der Waals surface area (Å²) in [4.78, 5) is 35.8. The molecule has 31 heavy (non-hydrogen) atoms. The minimum atomic E-state index is -0.866. The zero-order valence-corrected chi connectivity index (χ0v) is 16.7. The van der Waals surface area contributed by atoms with Gasteiger partial charge >= 0.3 is 18.1 Å². The van der Waals surface area contributed by atoms with Crippen molar-refractivity contribution >= 4 is 18.1 Å². The molecule has 0 heterocycles. The number of aryl methyl sites for hydroxylation is 1. The number of benzene rings is 3. The van der Waals surface area contributed by atoms with Gasteiger partial charge in [-0.2, -0.15) is 0 Å². The predicted octanol–water partition coefficient (Wildman–Crippen LogP) is 4.28. The number of carbonyl (C=O) groups is 3. The number of carbonyl (C=O) groups excluding carboxylic acids is 3. The predicted molar refractivity (Wildman–Crippen MR) is 109 cm³/mol. The number of ether oxygens (including phenoxy) is 4. The molecule has 0 aliphatic carbocycles. The molecule has 0 amide bonds. The molecule has 8 nitrogen and oxygen atoms in total. The van der Waals surface area contributed by atoms with E-state index in [1.807, 2.05) is 0 Å². The van der Waals surface area contributed by atoms with E-state index in [0.717, 1.165) is 0 Å². The second kappa shape index (κ2) is 9.45. The summed E-state index contributed by atoms with van der Waals surface area (Å²) in [5, 5.41) is 9.29. The standard InChI is InChI=1S/C23H18O8/c1-14-13-19(11-12-20(14)22(26)29-17-9-5-16(24)6-10-17)30-21(25)15-3-7-18(8-4-15)31-23(27)28-2/h3-13,24H,1-2H3. The average Bonchev–Trinajstić information content (AvgIpc) is 2.75. The molecule has 1 N–H and O–H groups in total. The Balaban J connectivity index is 1.65. The highest BCUT2D eigenvalue weighted by Crippen LogP contribution is 2.22. The first kappa shape index (κ1) is 21.4. The van der Waals surface area contributed by atoms with Gasteiger partial charge in [0.15, 0.2) is 0 Å². The molecule has 0 atom stereocenters. The molecule has 0 saturated heterocycles. The Hall–Kier alpha value is -4.33. The number of esters is 2. The van der Waals surface area contributed by atoms with Crippen molar-refractivity contribution in [3.05, 3.63) is 83.4 Å². The molecule has 0 radical (unpaired) electrons. The third kappa shape index (κ3) is 5.60. The normalized spacial score (nSPS) is 10.1. The summed E-state index contributed by atoms with van der Waals surface area (Å²) in [5.74, 6) is -0.384. The lowest BCUT2D eigenvalue weighted by molar-refractivity contribution is 0.0730. The lowest BCUT2D eigenvalue weighted by Gasteiger charge is -2.10. The molecule has 0 unspecified atom stereocenters. The number of phenols is 1. The Morgan fingerprint density at radius 2 is 1.26 bits per heavy atom. The number of hydrogen-bond acceptors (Lipinski definition) is 8. The van der Waals surface area contributed by atoms with Crippen LogP contribution in [-0.2, 0) is 4.74 Å². The lowest BCUT2D eigenvalue weighted by Crippen LogP contribution is -2.12. The summed E-state index contributed by atoms with van der Waals surface area (Å²) in [6.45, 7) is 1.68. The summed E-state index contributed by atoms with van der Waals surface area (Å²) in [6, 6.07) is 16.0. The van der Waals surface area contributed by atoms with Gasteiger partial charge in [-0.3, -0.25) is 0 Å². The lowest BCUT2D eigenvalue weighted by atomic mass is 10.1. The van der Waals surface area contributed by atoms with Gasteiger partial charge < -0.3 is 24.1 Å². The van der Waals surface area contributed by atoms with Crippen molar-refractivity contribution in [3.63, 3.8) is 0 Å². The molecule has 0 saturated carbocycles. The van der Waals surface area contributed by atoms with Gasteiger partial charge in [0, 0.05) is 0 Å². The third-order valence-corrected chi connectivity index (χ3v) is 4.13. The van der Waals surface area contributed by atoms with Crippen LogP contribution in [0, 0.1) is 6.92 Å². The number of aromatic hydroxyl groups is 1. The summed E-state index contributed by atoms with van der Waals surface area (Å²) in [7, 11) is 1.19. The van der Waals surface area contributed by atoms with Crippen LogP contribution in [0.3, 0.4) is 0 Å². The number of phenolic OH excluding ortho intramolecular Hbond substituents is 1. The first-order valence-corrected chi connectivity index (χ1v) is 9.05. The molecule has 3 rings (SSSR count). The summed E-state index contributed by atoms with van der Waals surface area (Å²) >= 11 is 0. The molecule has 158 valence electrons. The first-order chi connectivity index (χ1) is 14.9. The molecule has 8 heteroatoms. The Labute approximate surface area is 177 Å². The Bertz CT molecular complexity index is 1100. The smallest absolute Gasteiger partial charge is 0.508 e. The molecule has 0 aliphatic heterocycles. The quantitative estimate of drug-likeness (QED) is 0.369. The van der Waals surface area contributed by atoms with Crippen molar-refractivity contribution < 1.29 is 38.4 Å².